The van der Waals surface area contributed by atoms with Gasteiger partial charge < -0.3 is 0 Å². The van der Waals surface area contributed by atoms with Crippen LogP contribution in [0.4, 0.5) is 0 Å². The summed E-state index contributed by atoms with van der Waals surface area (Å²) >= 11 is 0. The molecule has 0 aliphatic rings. The van der Waals surface area contributed by atoms with Gasteiger partial charge in [0.2, 0.25) is 0 Å². The first-order chi connectivity index (χ1) is 7.56. The monoisotopic (exact) mass is 224 g/mol. The molecule has 0 bridgehead atoms. The van der Waals surface area contributed by atoms with Crippen LogP contribution in [0.5, 0.6) is 0 Å². The van der Waals surface area contributed by atoms with Gasteiger partial charge in [-0.15, -0.1) is 0 Å². The van der Waals surface area contributed by atoms with E-state index in [1.165, 1.54) is 32.1 Å². The molecule has 0 rings (SSSR count). The van der Waals surface area contributed by atoms with Crippen LogP contribution in [0.25, 0.3) is 0 Å². The summed E-state index contributed by atoms with van der Waals surface area (Å²) in [6.07, 6.45) is 9.39. The molecular weight excluding hydrogens is 196 g/mol. The van der Waals surface area contributed by atoms with Crippen LogP contribution in [0.1, 0.15) is 66.2 Å². The van der Waals surface area contributed by atoms with Gasteiger partial charge in [-0.3, -0.25) is 0 Å². The van der Waals surface area contributed by atoms with E-state index < -0.39 is 0 Å². The van der Waals surface area contributed by atoms with Crippen LogP contribution in [-0.2, 0) is 4.79 Å². The maximum Gasteiger partial charge on any atom is 0.120 e. The van der Waals surface area contributed by atoms with Crippen molar-refractivity contribution in [1.82, 2.24) is 0 Å². The Morgan fingerprint density at radius 2 is 1.50 bits per heavy atom. The highest BCUT2D eigenvalue weighted by Gasteiger charge is 2.04. The first-order valence-electron chi connectivity index (χ1n) is 6.77. The first-order valence-corrected chi connectivity index (χ1v) is 6.77. The van der Waals surface area contributed by atoms with Gasteiger partial charge in [0.25, 0.3) is 0 Å². The molecule has 0 aromatic heterocycles. The third-order valence-corrected chi connectivity index (χ3v) is 3.19. The molecule has 0 N–H and O–H groups in total. The van der Waals surface area contributed by atoms with E-state index in [1.54, 1.807) is 6.08 Å². The second kappa shape index (κ2) is 9.66. The van der Waals surface area contributed by atoms with E-state index in [1.807, 2.05) is 5.94 Å². The van der Waals surface area contributed by atoms with Crippen molar-refractivity contribution in [2.75, 3.05) is 0 Å². The minimum absolute atomic E-state index is 0.403. The zero-order chi connectivity index (χ0) is 12.4. The third kappa shape index (κ3) is 9.98. The van der Waals surface area contributed by atoms with Gasteiger partial charge in [0, 0.05) is 6.08 Å². The lowest BCUT2D eigenvalue weighted by molar-refractivity contribution is 0.413. The number of hydrogen-bond donors (Lipinski definition) is 0. The molecule has 0 radical (unpaired) electrons. The van der Waals surface area contributed by atoms with Crippen molar-refractivity contribution in [3.63, 3.8) is 0 Å². The quantitative estimate of drug-likeness (QED) is 0.521. The molecule has 1 heteroatoms. The Bertz CT molecular complexity index is 201. The van der Waals surface area contributed by atoms with Crippen molar-refractivity contribution in [3.05, 3.63) is 6.08 Å². The van der Waals surface area contributed by atoms with Gasteiger partial charge >= 0.3 is 0 Å². The largest absolute Gasteiger partial charge is 0.234 e. The van der Waals surface area contributed by atoms with E-state index in [4.69, 9.17) is 0 Å². The Kier molecular flexibility index (Phi) is 9.33. The molecule has 0 aromatic carbocycles. The average Bonchev–Trinajstić information content (AvgIpc) is 2.17. The van der Waals surface area contributed by atoms with Crippen molar-refractivity contribution in [1.29, 1.82) is 0 Å². The molecule has 94 valence electrons. The van der Waals surface area contributed by atoms with E-state index in [2.05, 4.69) is 27.7 Å². The Morgan fingerprint density at radius 3 is 2.00 bits per heavy atom. The standard InChI is InChI=1S/C15H28O/c1-13(2)7-5-8-14(3)9-6-10-15(4)11-12-16/h11,13-15H,5-10H2,1-4H3. The van der Waals surface area contributed by atoms with E-state index in [0.29, 0.717) is 5.92 Å². The summed E-state index contributed by atoms with van der Waals surface area (Å²) in [4.78, 5) is 10.1. The maximum atomic E-state index is 10.1. The molecule has 2 atom stereocenters. The fourth-order valence-electron chi connectivity index (χ4n) is 2.01. The van der Waals surface area contributed by atoms with Crippen molar-refractivity contribution in [3.8, 4) is 0 Å². The van der Waals surface area contributed by atoms with Crippen molar-refractivity contribution >= 4 is 5.94 Å². The van der Waals surface area contributed by atoms with Crippen LogP contribution in [0, 0.1) is 17.8 Å². The van der Waals surface area contributed by atoms with E-state index >= 15 is 0 Å². The Hall–Kier alpha value is -0.550. The Balaban J connectivity index is 3.43. The molecule has 0 heterocycles. The van der Waals surface area contributed by atoms with Crippen LogP contribution < -0.4 is 0 Å². The van der Waals surface area contributed by atoms with Gasteiger partial charge in [-0.2, -0.15) is 0 Å². The molecule has 0 aliphatic heterocycles. The average molecular weight is 224 g/mol. The second-order valence-electron chi connectivity index (χ2n) is 5.62. The number of hydrogen-bond acceptors (Lipinski definition) is 1. The van der Waals surface area contributed by atoms with Gasteiger partial charge in [-0.05, 0) is 24.2 Å². The summed E-state index contributed by atoms with van der Waals surface area (Å²) in [6.45, 7) is 9.02. The fourth-order valence-corrected chi connectivity index (χ4v) is 2.01. The number of allylic oxidation sites excluding steroid dienone is 1. The fraction of sp³-hybridized carbons (Fsp3) is 0.867. The lowest BCUT2D eigenvalue weighted by Crippen LogP contribution is -1.98. The van der Waals surface area contributed by atoms with E-state index in [0.717, 1.165) is 18.3 Å². The van der Waals surface area contributed by atoms with Crippen molar-refractivity contribution < 1.29 is 4.79 Å². The number of rotatable bonds is 9. The summed E-state index contributed by atoms with van der Waals surface area (Å²) in [5.74, 6) is 3.96. The first kappa shape index (κ1) is 15.4. The lowest BCUT2D eigenvalue weighted by atomic mass is 9.93. The molecule has 0 aliphatic carbocycles. The summed E-state index contributed by atoms with van der Waals surface area (Å²) in [5, 5.41) is 0. The van der Waals surface area contributed by atoms with E-state index in [9.17, 15) is 4.79 Å². The Labute approximate surface area is 101 Å². The van der Waals surface area contributed by atoms with Gasteiger partial charge in [0.05, 0.1) is 0 Å². The minimum Gasteiger partial charge on any atom is -0.234 e. The lowest BCUT2D eigenvalue weighted by Gasteiger charge is -2.12. The normalized spacial score (nSPS) is 14.6. The summed E-state index contributed by atoms with van der Waals surface area (Å²) < 4.78 is 0. The van der Waals surface area contributed by atoms with Gasteiger partial charge in [-0.25, -0.2) is 4.79 Å². The molecule has 0 amide bonds. The molecule has 0 spiro atoms. The van der Waals surface area contributed by atoms with Crippen LogP contribution >= 0.6 is 0 Å². The van der Waals surface area contributed by atoms with Gasteiger partial charge in [0.15, 0.2) is 0 Å². The summed E-state index contributed by atoms with van der Waals surface area (Å²) in [7, 11) is 0. The molecule has 0 fully saturated rings. The van der Waals surface area contributed by atoms with Crippen molar-refractivity contribution in [2.45, 2.75) is 66.2 Å². The molecule has 1 nitrogen and oxygen atoms in total. The zero-order valence-corrected chi connectivity index (χ0v) is 11.5. The summed E-state index contributed by atoms with van der Waals surface area (Å²) in [6, 6.07) is 0. The van der Waals surface area contributed by atoms with Gasteiger partial charge in [-0.1, -0.05) is 59.8 Å². The van der Waals surface area contributed by atoms with Crippen LogP contribution in [0.15, 0.2) is 6.08 Å². The van der Waals surface area contributed by atoms with Crippen molar-refractivity contribution in [2.24, 2.45) is 17.8 Å². The maximum absolute atomic E-state index is 10.1. The predicted octanol–water partition coefficient (Wildman–Crippen LogP) is 4.64. The van der Waals surface area contributed by atoms with Crippen LogP contribution in [0.3, 0.4) is 0 Å². The molecule has 0 saturated heterocycles. The second-order valence-corrected chi connectivity index (χ2v) is 5.62. The van der Waals surface area contributed by atoms with Crippen LogP contribution in [0.2, 0.25) is 0 Å². The number of carbonyl (C=O) groups excluding carboxylic acids is 1. The predicted molar refractivity (Wildman–Crippen MR) is 71.1 cm³/mol. The highest BCUT2D eigenvalue weighted by molar-refractivity contribution is 5.45. The Morgan fingerprint density at radius 1 is 0.938 bits per heavy atom. The van der Waals surface area contributed by atoms with Crippen LogP contribution in [-0.4, -0.2) is 5.94 Å². The molecule has 2 unspecified atom stereocenters. The molecule has 0 aromatic rings. The smallest absolute Gasteiger partial charge is 0.120 e. The zero-order valence-electron chi connectivity index (χ0n) is 11.5. The minimum atomic E-state index is 0.403. The SMILES string of the molecule is CC(C)CCCC(C)CCCC(C)C=C=O. The topological polar surface area (TPSA) is 17.1 Å². The van der Waals surface area contributed by atoms with E-state index in [-0.39, 0.29) is 0 Å². The summed E-state index contributed by atoms with van der Waals surface area (Å²) in [5.41, 5.74) is 0. The molecule has 16 heavy (non-hydrogen) atoms. The van der Waals surface area contributed by atoms with Gasteiger partial charge in [0.1, 0.15) is 5.94 Å². The highest BCUT2D eigenvalue weighted by atomic mass is 16.1. The molecule has 0 saturated carbocycles. The third-order valence-electron chi connectivity index (χ3n) is 3.19. The molecular formula is C15H28O. The highest BCUT2D eigenvalue weighted by Crippen LogP contribution is 2.19.